The molecular formula is C26H25N3OS. The number of thiophene rings is 1. The second kappa shape index (κ2) is 8.16. The Morgan fingerprint density at radius 1 is 1.06 bits per heavy atom. The number of aliphatic imine (C=N–C) groups is 1. The minimum atomic E-state index is -0.0626. The molecule has 31 heavy (non-hydrogen) atoms. The Balaban J connectivity index is 1.56. The molecule has 0 atom stereocenters. The molecule has 2 heterocycles. The van der Waals surface area contributed by atoms with Crippen molar-refractivity contribution in [2.45, 2.75) is 32.6 Å². The van der Waals surface area contributed by atoms with Crippen molar-refractivity contribution >= 4 is 45.0 Å². The number of aromatic nitrogens is 1. The number of rotatable bonds is 4. The zero-order valence-electron chi connectivity index (χ0n) is 17.8. The van der Waals surface area contributed by atoms with Crippen molar-refractivity contribution < 1.29 is 4.79 Å². The van der Waals surface area contributed by atoms with E-state index in [1.54, 1.807) is 11.3 Å². The van der Waals surface area contributed by atoms with Crippen molar-refractivity contribution in [3.05, 3.63) is 81.9 Å². The lowest BCUT2D eigenvalue weighted by molar-refractivity contribution is 0.102. The molecule has 1 amide bonds. The number of amides is 1. The van der Waals surface area contributed by atoms with E-state index in [1.165, 1.54) is 33.5 Å². The van der Waals surface area contributed by atoms with Crippen LogP contribution < -0.4 is 5.32 Å². The smallest absolute Gasteiger partial charge is 0.259 e. The van der Waals surface area contributed by atoms with Crippen molar-refractivity contribution in [2.24, 2.45) is 12.0 Å². The summed E-state index contributed by atoms with van der Waals surface area (Å²) in [5.41, 5.74) is 6.21. The summed E-state index contributed by atoms with van der Waals surface area (Å²) in [6, 6.07) is 18.0. The molecule has 0 radical (unpaired) electrons. The van der Waals surface area contributed by atoms with Crippen molar-refractivity contribution in [1.82, 2.24) is 4.57 Å². The molecule has 156 valence electrons. The van der Waals surface area contributed by atoms with Gasteiger partial charge in [0, 0.05) is 46.0 Å². The molecule has 2 aromatic heterocycles. The molecule has 1 aliphatic carbocycles. The van der Waals surface area contributed by atoms with Gasteiger partial charge in [-0.2, -0.15) is 0 Å². The van der Waals surface area contributed by atoms with Gasteiger partial charge in [-0.1, -0.05) is 36.4 Å². The first-order valence-corrected chi connectivity index (χ1v) is 11.5. The maximum Gasteiger partial charge on any atom is 0.259 e. The van der Waals surface area contributed by atoms with E-state index in [0.29, 0.717) is 0 Å². The van der Waals surface area contributed by atoms with E-state index in [4.69, 9.17) is 4.99 Å². The molecule has 0 aliphatic heterocycles. The molecular weight excluding hydrogens is 402 g/mol. The van der Waals surface area contributed by atoms with Gasteiger partial charge in [0.1, 0.15) is 5.00 Å². The number of fused-ring (bicyclic) bond motifs is 2. The first-order valence-electron chi connectivity index (χ1n) is 10.7. The summed E-state index contributed by atoms with van der Waals surface area (Å²) < 4.78 is 2.19. The minimum absolute atomic E-state index is 0.0626. The molecule has 0 fully saturated rings. The van der Waals surface area contributed by atoms with Crippen molar-refractivity contribution in [3.63, 3.8) is 0 Å². The largest absolute Gasteiger partial charge is 0.347 e. The Morgan fingerprint density at radius 3 is 2.65 bits per heavy atom. The molecule has 4 aromatic rings. The van der Waals surface area contributed by atoms with Gasteiger partial charge >= 0.3 is 0 Å². The maximum absolute atomic E-state index is 13.3. The molecule has 0 saturated carbocycles. The van der Waals surface area contributed by atoms with E-state index >= 15 is 0 Å². The Morgan fingerprint density at radius 2 is 1.81 bits per heavy atom. The number of hydrogen-bond donors (Lipinski definition) is 1. The number of benzene rings is 2. The minimum Gasteiger partial charge on any atom is -0.347 e. The normalized spacial score (nSPS) is 13.6. The maximum atomic E-state index is 13.3. The summed E-state index contributed by atoms with van der Waals surface area (Å²) in [5.74, 6) is -0.0626. The Hall–Kier alpha value is -3.18. The second-order valence-corrected chi connectivity index (χ2v) is 9.13. The third kappa shape index (κ3) is 3.59. The highest BCUT2D eigenvalue weighted by Crippen LogP contribution is 2.40. The van der Waals surface area contributed by atoms with Gasteiger partial charge in [-0.15, -0.1) is 11.3 Å². The summed E-state index contributed by atoms with van der Waals surface area (Å²) in [4.78, 5) is 19.5. The van der Waals surface area contributed by atoms with E-state index in [2.05, 4.69) is 48.1 Å². The molecule has 0 bridgehead atoms. The van der Waals surface area contributed by atoms with Crippen molar-refractivity contribution in [2.75, 3.05) is 5.32 Å². The SMILES string of the molecule is Cc1c(C=Nc2sc3c(c2C(=O)Nc2ccccc2)CCCC3)c2ccccc2n1C. The van der Waals surface area contributed by atoms with Gasteiger partial charge in [0.05, 0.1) is 5.56 Å². The van der Waals surface area contributed by atoms with Crippen LogP contribution in [0.2, 0.25) is 0 Å². The molecule has 2 aromatic carbocycles. The van der Waals surface area contributed by atoms with Crippen LogP contribution in [0.25, 0.3) is 10.9 Å². The first kappa shape index (κ1) is 19.8. The number of nitrogens with one attached hydrogen (secondary N) is 1. The zero-order chi connectivity index (χ0) is 21.4. The number of carbonyl (C=O) groups is 1. The van der Waals surface area contributed by atoms with Crippen LogP contribution in [0.15, 0.2) is 59.6 Å². The molecule has 1 N–H and O–H groups in total. The molecule has 0 unspecified atom stereocenters. The van der Waals surface area contributed by atoms with Crippen LogP contribution in [0.5, 0.6) is 0 Å². The van der Waals surface area contributed by atoms with Crippen molar-refractivity contribution in [3.8, 4) is 0 Å². The predicted octanol–water partition coefficient (Wildman–Crippen LogP) is 6.43. The van der Waals surface area contributed by atoms with E-state index in [9.17, 15) is 4.79 Å². The molecule has 0 spiro atoms. The lowest BCUT2D eigenvalue weighted by atomic mass is 9.95. The predicted molar refractivity (Wildman–Crippen MR) is 130 cm³/mol. The van der Waals surface area contributed by atoms with E-state index < -0.39 is 0 Å². The summed E-state index contributed by atoms with van der Waals surface area (Å²) in [6.07, 6.45) is 6.23. The number of para-hydroxylation sites is 2. The van der Waals surface area contributed by atoms with Gasteiger partial charge in [0.2, 0.25) is 0 Å². The standard InChI is InChI=1S/C26H25N3OS/c1-17-21(19-12-6-8-14-22(19)29(17)2)16-27-26-24(20-13-7-9-15-23(20)31-26)25(30)28-18-10-4-3-5-11-18/h3-6,8,10-12,14,16H,7,9,13,15H2,1-2H3,(H,28,30). The van der Waals surface area contributed by atoms with Crippen LogP contribution in [-0.2, 0) is 19.9 Å². The molecule has 0 saturated heterocycles. The summed E-state index contributed by atoms with van der Waals surface area (Å²) in [5, 5.41) is 5.06. The Labute approximate surface area is 186 Å². The zero-order valence-corrected chi connectivity index (χ0v) is 18.6. The highest BCUT2D eigenvalue weighted by atomic mass is 32.1. The van der Waals surface area contributed by atoms with Crippen LogP contribution in [0.4, 0.5) is 10.7 Å². The van der Waals surface area contributed by atoms with Gasteiger partial charge in [0.25, 0.3) is 5.91 Å². The fraction of sp³-hybridized carbons (Fsp3) is 0.231. The molecule has 4 nitrogen and oxygen atoms in total. The molecule has 1 aliphatic rings. The summed E-state index contributed by atoms with van der Waals surface area (Å²) in [6.45, 7) is 2.11. The van der Waals surface area contributed by atoms with Gasteiger partial charge in [-0.05, 0) is 56.4 Å². The number of hydrogen-bond acceptors (Lipinski definition) is 3. The lowest BCUT2D eigenvalue weighted by Crippen LogP contribution is -2.14. The summed E-state index contributed by atoms with van der Waals surface area (Å²) >= 11 is 1.67. The third-order valence-electron chi connectivity index (χ3n) is 6.17. The molecule has 5 heteroatoms. The fourth-order valence-electron chi connectivity index (χ4n) is 4.43. The van der Waals surface area contributed by atoms with Gasteiger partial charge in [-0.3, -0.25) is 4.79 Å². The highest BCUT2D eigenvalue weighted by molar-refractivity contribution is 7.16. The van der Waals surface area contributed by atoms with Crippen LogP contribution in [0.1, 0.15) is 44.9 Å². The van der Waals surface area contributed by atoms with Crippen LogP contribution in [0.3, 0.4) is 0 Å². The monoisotopic (exact) mass is 427 g/mol. The summed E-state index contributed by atoms with van der Waals surface area (Å²) in [7, 11) is 2.08. The molecule has 5 rings (SSSR count). The number of carbonyl (C=O) groups excluding carboxylic acids is 1. The Bertz CT molecular complexity index is 1300. The number of aryl methyl sites for hydroxylation is 2. The topological polar surface area (TPSA) is 46.4 Å². The van der Waals surface area contributed by atoms with E-state index in [-0.39, 0.29) is 5.91 Å². The van der Waals surface area contributed by atoms with Crippen LogP contribution >= 0.6 is 11.3 Å². The fourth-order valence-corrected chi connectivity index (χ4v) is 5.66. The average Bonchev–Trinajstić information content (AvgIpc) is 3.28. The van der Waals surface area contributed by atoms with E-state index in [0.717, 1.165) is 41.1 Å². The quantitative estimate of drug-likeness (QED) is 0.375. The average molecular weight is 428 g/mol. The van der Waals surface area contributed by atoms with Gasteiger partial charge in [-0.25, -0.2) is 4.99 Å². The van der Waals surface area contributed by atoms with Crippen LogP contribution in [0, 0.1) is 6.92 Å². The van der Waals surface area contributed by atoms with E-state index in [1.807, 2.05) is 36.5 Å². The lowest BCUT2D eigenvalue weighted by Gasteiger charge is -2.12. The Kier molecular flexibility index (Phi) is 5.20. The van der Waals surface area contributed by atoms with Gasteiger partial charge in [0.15, 0.2) is 0 Å². The number of anilines is 1. The number of nitrogens with zero attached hydrogens (tertiary/aromatic N) is 2. The van der Waals surface area contributed by atoms with Crippen molar-refractivity contribution in [1.29, 1.82) is 0 Å². The highest BCUT2D eigenvalue weighted by Gasteiger charge is 2.25. The van der Waals surface area contributed by atoms with Crippen LogP contribution in [-0.4, -0.2) is 16.7 Å². The first-order chi connectivity index (χ1) is 15.1. The third-order valence-corrected chi connectivity index (χ3v) is 7.37. The van der Waals surface area contributed by atoms with Gasteiger partial charge < -0.3 is 9.88 Å². The second-order valence-electron chi connectivity index (χ2n) is 8.04.